The summed E-state index contributed by atoms with van der Waals surface area (Å²) >= 11 is 1.67. The van der Waals surface area contributed by atoms with Gasteiger partial charge >= 0.3 is 0 Å². The van der Waals surface area contributed by atoms with E-state index in [2.05, 4.69) is 73.4 Å². The van der Waals surface area contributed by atoms with E-state index in [1.54, 1.807) is 11.3 Å². The molecule has 0 saturated heterocycles. The summed E-state index contributed by atoms with van der Waals surface area (Å²) in [6, 6.07) is 25.8. The minimum atomic E-state index is -0.816. The zero-order valence-corrected chi connectivity index (χ0v) is 21.5. The molecule has 0 atom stereocenters. The Hall–Kier alpha value is -3.74. The Morgan fingerprint density at radius 3 is 1.89 bits per heavy atom. The Bertz CT molecular complexity index is 1830. The molecule has 0 spiro atoms. The molecule has 0 aliphatic heterocycles. The monoisotopic (exact) mass is 504 g/mol. The molecule has 0 radical (unpaired) electrons. The molecule has 0 aliphatic carbocycles. The van der Waals surface area contributed by atoms with Crippen molar-refractivity contribution >= 4 is 53.1 Å². The lowest BCUT2D eigenvalue weighted by atomic mass is 10.0. The van der Waals surface area contributed by atoms with Crippen LogP contribution in [0, 0.1) is 23.5 Å². The average Bonchev–Trinajstić information content (AvgIpc) is 3.24. The van der Waals surface area contributed by atoms with Crippen LogP contribution in [0.1, 0.15) is 49.3 Å². The second kappa shape index (κ2) is 9.96. The first-order valence-electron chi connectivity index (χ1n) is 12.9. The first-order valence-corrected chi connectivity index (χ1v) is 13.7. The lowest BCUT2D eigenvalue weighted by Crippen LogP contribution is -1.86. The number of hydrogen-bond acceptors (Lipinski definition) is 1. The summed E-state index contributed by atoms with van der Waals surface area (Å²) in [5.41, 5.74) is 3.38. The van der Waals surface area contributed by atoms with Crippen molar-refractivity contribution in [2.75, 3.05) is 0 Å². The summed E-state index contributed by atoms with van der Waals surface area (Å²) in [7, 11) is 0. The van der Waals surface area contributed by atoms with Crippen LogP contribution in [-0.4, -0.2) is 0 Å². The van der Waals surface area contributed by atoms with E-state index >= 15 is 0 Å². The third-order valence-electron chi connectivity index (χ3n) is 7.05. The van der Waals surface area contributed by atoms with Gasteiger partial charge in [-0.2, -0.15) is 0 Å². The second-order valence-corrected chi connectivity index (χ2v) is 10.8. The molecule has 6 aromatic rings. The first kappa shape index (κ1) is 23.6. The fourth-order valence-corrected chi connectivity index (χ4v) is 6.16. The van der Waals surface area contributed by atoms with Crippen molar-refractivity contribution in [1.82, 2.24) is 0 Å². The molecule has 37 heavy (non-hydrogen) atoms. The molecule has 0 N–H and O–H groups in total. The van der Waals surface area contributed by atoms with Gasteiger partial charge in [-0.1, -0.05) is 56.2 Å². The third kappa shape index (κ3) is 4.82. The van der Waals surface area contributed by atoms with Crippen molar-refractivity contribution in [2.45, 2.75) is 39.0 Å². The molecular weight excluding hydrogens is 478 g/mol. The minimum absolute atomic E-state index is 0.710. The molecule has 0 aliphatic rings. The summed E-state index contributed by atoms with van der Waals surface area (Å²) in [5, 5.41) is 5.89. The molecule has 0 saturated carbocycles. The van der Waals surface area contributed by atoms with Gasteiger partial charge in [0.1, 0.15) is 0 Å². The van der Waals surface area contributed by atoms with E-state index in [1.807, 2.05) is 12.1 Å². The Labute approximate surface area is 219 Å². The second-order valence-electron chi connectivity index (χ2n) is 9.73. The summed E-state index contributed by atoms with van der Waals surface area (Å²) in [4.78, 5) is 0. The van der Waals surface area contributed by atoms with Crippen LogP contribution in [0.4, 0.5) is 8.78 Å². The van der Waals surface area contributed by atoms with E-state index < -0.39 is 11.6 Å². The normalized spacial score (nSPS) is 11.4. The Morgan fingerprint density at radius 1 is 0.595 bits per heavy atom. The molecule has 5 aromatic carbocycles. The van der Waals surface area contributed by atoms with Crippen LogP contribution in [0.2, 0.25) is 0 Å². The lowest BCUT2D eigenvalue weighted by molar-refractivity contribution is 0.511. The molecule has 0 bridgehead atoms. The van der Waals surface area contributed by atoms with Gasteiger partial charge in [0.25, 0.3) is 0 Å². The van der Waals surface area contributed by atoms with E-state index in [1.165, 1.54) is 43.4 Å². The van der Waals surface area contributed by atoms with Crippen LogP contribution >= 0.6 is 11.3 Å². The number of benzene rings is 5. The molecule has 3 heteroatoms. The number of unbranched alkanes of at least 4 members (excludes halogenated alkanes) is 3. The SMILES string of the molecule is CCCCCCc1ccc(C#Cc2ccc3cc4c(cc3c2)sc2cc3cc(F)c(F)cc3cc24)cc1. The van der Waals surface area contributed by atoms with Gasteiger partial charge in [0.05, 0.1) is 0 Å². The fourth-order valence-electron chi connectivity index (χ4n) is 4.99. The predicted molar refractivity (Wildman–Crippen MR) is 155 cm³/mol. The van der Waals surface area contributed by atoms with Crippen molar-refractivity contribution in [3.8, 4) is 11.8 Å². The molecule has 1 heterocycles. The quantitative estimate of drug-likeness (QED) is 0.162. The first-order chi connectivity index (χ1) is 18.1. The highest BCUT2D eigenvalue weighted by Crippen LogP contribution is 2.39. The summed E-state index contributed by atoms with van der Waals surface area (Å²) in [6.45, 7) is 2.24. The van der Waals surface area contributed by atoms with Gasteiger partial charge in [0.15, 0.2) is 11.6 Å². The van der Waals surface area contributed by atoms with Gasteiger partial charge in [0.2, 0.25) is 0 Å². The van der Waals surface area contributed by atoms with Crippen LogP contribution in [0.5, 0.6) is 0 Å². The van der Waals surface area contributed by atoms with E-state index in [0.717, 1.165) is 48.5 Å². The molecule has 6 rings (SSSR count). The number of rotatable bonds is 5. The van der Waals surface area contributed by atoms with Gasteiger partial charge in [-0.25, -0.2) is 8.78 Å². The van der Waals surface area contributed by atoms with Crippen molar-refractivity contribution in [2.24, 2.45) is 0 Å². The van der Waals surface area contributed by atoms with Crippen molar-refractivity contribution in [3.05, 3.63) is 107 Å². The average molecular weight is 505 g/mol. The zero-order chi connectivity index (χ0) is 25.4. The van der Waals surface area contributed by atoms with E-state index in [4.69, 9.17) is 0 Å². The van der Waals surface area contributed by atoms with Gasteiger partial charge in [-0.05, 0) is 101 Å². The van der Waals surface area contributed by atoms with Crippen LogP contribution in [-0.2, 0) is 6.42 Å². The maximum absolute atomic E-state index is 13.8. The van der Waals surface area contributed by atoms with E-state index in [0.29, 0.717) is 10.8 Å². The molecule has 1 aromatic heterocycles. The number of hydrogen-bond donors (Lipinski definition) is 0. The van der Waals surface area contributed by atoms with Crippen LogP contribution in [0.15, 0.2) is 78.9 Å². The molecule has 0 unspecified atom stereocenters. The smallest absolute Gasteiger partial charge is 0.159 e. The van der Waals surface area contributed by atoms with E-state index in [9.17, 15) is 8.78 Å². The fraction of sp³-hybridized carbons (Fsp3) is 0.176. The highest BCUT2D eigenvalue weighted by molar-refractivity contribution is 7.26. The number of fused-ring (bicyclic) bond motifs is 5. The highest BCUT2D eigenvalue weighted by atomic mass is 32.1. The summed E-state index contributed by atoms with van der Waals surface area (Å²) in [6.07, 6.45) is 6.25. The summed E-state index contributed by atoms with van der Waals surface area (Å²) < 4.78 is 29.8. The maximum Gasteiger partial charge on any atom is 0.159 e. The standard InChI is InChI=1S/C34H26F2S/c1-2-3-4-5-6-22-7-9-23(10-8-22)11-12-24-13-14-25-16-29-30-17-27-18-31(35)32(36)19-28(27)21-34(30)37-33(29)20-26(25)15-24/h7-10,13-21H,2-6H2,1H3. The lowest BCUT2D eigenvalue weighted by Gasteiger charge is -2.02. The predicted octanol–water partition coefficient (Wildman–Crippen LogP) is 10.2. The van der Waals surface area contributed by atoms with Gasteiger partial charge < -0.3 is 0 Å². The third-order valence-corrected chi connectivity index (χ3v) is 8.17. The Balaban J connectivity index is 1.30. The van der Waals surface area contributed by atoms with Crippen LogP contribution in [0.3, 0.4) is 0 Å². The minimum Gasteiger partial charge on any atom is -0.204 e. The van der Waals surface area contributed by atoms with Gasteiger partial charge in [0, 0.05) is 31.3 Å². The highest BCUT2D eigenvalue weighted by Gasteiger charge is 2.11. The molecule has 0 fully saturated rings. The summed E-state index contributed by atoms with van der Waals surface area (Å²) in [5.74, 6) is 5.00. The Kier molecular flexibility index (Phi) is 6.37. The van der Waals surface area contributed by atoms with Crippen LogP contribution < -0.4 is 0 Å². The van der Waals surface area contributed by atoms with Gasteiger partial charge in [-0.15, -0.1) is 11.3 Å². The number of halogens is 2. The molecule has 0 amide bonds. The Morgan fingerprint density at radius 2 is 1.19 bits per heavy atom. The van der Waals surface area contributed by atoms with Crippen molar-refractivity contribution in [3.63, 3.8) is 0 Å². The maximum atomic E-state index is 13.8. The molecule has 0 nitrogen and oxygen atoms in total. The van der Waals surface area contributed by atoms with Crippen LogP contribution in [0.25, 0.3) is 41.7 Å². The largest absolute Gasteiger partial charge is 0.204 e. The topological polar surface area (TPSA) is 0 Å². The number of thiophene rings is 1. The molecular formula is C34H26F2S. The van der Waals surface area contributed by atoms with E-state index in [-0.39, 0.29) is 0 Å². The zero-order valence-electron chi connectivity index (χ0n) is 20.7. The van der Waals surface area contributed by atoms with Crippen molar-refractivity contribution in [1.29, 1.82) is 0 Å². The van der Waals surface area contributed by atoms with Gasteiger partial charge in [-0.3, -0.25) is 0 Å². The molecule has 182 valence electrons. The number of aryl methyl sites for hydroxylation is 1. The van der Waals surface area contributed by atoms with Crippen molar-refractivity contribution < 1.29 is 8.78 Å².